The summed E-state index contributed by atoms with van der Waals surface area (Å²) < 4.78 is 10.2. The molecule has 0 aromatic carbocycles. The first-order chi connectivity index (χ1) is 8.15. The highest BCUT2D eigenvalue weighted by molar-refractivity contribution is 7.15. The van der Waals surface area contributed by atoms with E-state index < -0.39 is 0 Å². The Morgan fingerprint density at radius 1 is 1.12 bits per heavy atom. The maximum atomic E-state index is 5.23. The Labute approximate surface area is 103 Å². The van der Waals surface area contributed by atoms with Gasteiger partial charge in [0.1, 0.15) is 5.01 Å². The molecule has 0 radical (unpaired) electrons. The van der Waals surface area contributed by atoms with Gasteiger partial charge in [-0.15, -0.1) is 11.3 Å². The molecule has 2 heterocycles. The molecule has 2 rings (SSSR count). The molecule has 0 aliphatic heterocycles. The zero-order valence-corrected chi connectivity index (χ0v) is 11.0. The van der Waals surface area contributed by atoms with Crippen LogP contribution in [-0.2, 0) is 0 Å². The first kappa shape index (κ1) is 11.8. The quantitative estimate of drug-likeness (QED) is 0.837. The van der Waals surface area contributed by atoms with Crippen molar-refractivity contribution in [1.29, 1.82) is 0 Å². The number of thiazole rings is 1. The minimum Gasteiger partial charge on any atom is -0.480 e. The third-order valence-corrected chi connectivity index (χ3v) is 3.47. The van der Waals surface area contributed by atoms with Gasteiger partial charge in [-0.25, -0.2) is 9.97 Å². The molecule has 0 aliphatic rings. The predicted octanol–water partition coefficient (Wildman–Crippen LogP) is 2.23. The summed E-state index contributed by atoms with van der Waals surface area (Å²) in [5, 5.41) is 0.861. The highest BCUT2D eigenvalue weighted by atomic mass is 32.1. The first-order valence-electron chi connectivity index (χ1n) is 5.05. The largest absolute Gasteiger partial charge is 0.480 e. The van der Waals surface area contributed by atoms with Gasteiger partial charge in [0.2, 0.25) is 5.88 Å². The van der Waals surface area contributed by atoms with Crippen LogP contribution >= 0.6 is 11.3 Å². The van der Waals surface area contributed by atoms with E-state index in [9.17, 15) is 0 Å². The van der Waals surface area contributed by atoms with Crippen molar-refractivity contribution in [2.45, 2.75) is 13.8 Å². The highest BCUT2D eigenvalue weighted by Crippen LogP contribution is 2.33. The molecular weight excluding hydrogens is 238 g/mol. The fraction of sp³-hybridized carbons (Fsp3) is 0.364. The fourth-order valence-corrected chi connectivity index (χ4v) is 2.26. The Bertz CT molecular complexity index is 520. The van der Waals surface area contributed by atoms with E-state index in [4.69, 9.17) is 9.47 Å². The van der Waals surface area contributed by atoms with Gasteiger partial charge < -0.3 is 9.47 Å². The summed E-state index contributed by atoms with van der Waals surface area (Å²) >= 11 is 1.60. The molecule has 0 fully saturated rings. The molecule has 0 N–H and O–H groups in total. The Morgan fingerprint density at radius 3 is 2.41 bits per heavy atom. The molecule has 0 atom stereocenters. The molecule has 0 saturated carbocycles. The number of ether oxygens (including phenoxy) is 2. The van der Waals surface area contributed by atoms with Crippen molar-refractivity contribution in [2.24, 2.45) is 0 Å². The molecule has 0 amide bonds. The average Bonchev–Trinajstić information content (AvgIpc) is 2.68. The molecule has 0 bridgehead atoms. The zero-order chi connectivity index (χ0) is 12.4. The number of rotatable bonds is 3. The van der Waals surface area contributed by atoms with Crippen molar-refractivity contribution >= 4 is 11.3 Å². The molecular formula is C11H13N3O2S. The Hall–Kier alpha value is -1.69. The molecule has 90 valence electrons. The Kier molecular flexibility index (Phi) is 3.23. The highest BCUT2D eigenvalue weighted by Gasteiger charge is 2.14. The van der Waals surface area contributed by atoms with Crippen LogP contribution in [-0.4, -0.2) is 29.2 Å². The van der Waals surface area contributed by atoms with Crippen molar-refractivity contribution in [3.05, 3.63) is 16.8 Å². The van der Waals surface area contributed by atoms with E-state index in [0.29, 0.717) is 5.88 Å². The van der Waals surface area contributed by atoms with Crippen molar-refractivity contribution in [2.75, 3.05) is 14.2 Å². The summed E-state index contributed by atoms with van der Waals surface area (Å²) in [6.07, 6.45) is 1.67. The maximum Gasteiger partial charge on any atom is 0.319 e. The standard InChI is InChI=1S/C11H13N3O2S/c1-6-7(2)17-10(13-6)8-5-12-11(16-4)14-9(8)15-3/h5H,1-4H3. The normalized spacial score (nSPS) is 10.4. The molecule has 17 heavy (non-hydrogen) atoms. The van der Waals surface area contributed by atoms with Gasteiger partial charge in [-0.1, -0.05) is 0 Å². The van der Waals surface area contributed by atoms with Crippen LogP contribution in [0.5, 0.6) is 11.9 Å². The van der Waals surface area contributed by atoms with E-state index in [-0.39, 0.29) is 6.01 Å². The second-order valence-electron chi connectivity index (χ2n) is 3.44. The third kappa shape index (κ3) is 2.21. The summed E-state index contributed by atoms with van der Waals surface area (Å²) in [5.41, 5.74) is 1.80. The lowest BCUT2D eigenvalue weighted by molar-refractivity contribution is 0.353. The van der Waals surface area contributed by atoms with Crippen molar-refractivity contribution in [3.8, 4) is 22.5 Å². The topological polar surface area (TPSA) is 57.1 Å². The number of nitrogens with zero attached hydrogens (tertiary/aromatic N) is 3. The number of aromatic nitrogens is 3. The first-order valence-corrected chi connectivity index (χ1v) is 5.86. The van der Waals surface area contributed by atoms with Gasteiger partial charge in [0.15, 0.2) is 0 Å². The lowest BCUT2D eigenvalue weighted by atomic mass is 10.3. The Balaban J connectivity index is 2.51. The van der Waals surface area contributed by atoms with E-state index in [1.165, 1.54) is 12.0 Å². The summed E-state index contributed by atoms with van der Waals surface area (Å²) in [6, 6.07) is 0.288. The minimum absolute atomic E-state index is 0.288. The number of hydrogen-bond acceptors (Lipinski definition) is 6. The third-order valence-electron chi connectivity index (χ3n) is 2.37. The van der Waals surface area contributed by atoms with Crippen LogP contribution in [0.1, 0.15) is 10.6 Å². The predicted molar refractivity (Wildman–Crippen MR) is 65.7 cm³/mol. The van der Waals surface area contributed by atoms with Gasteiger partial charge in [0, 0.05) is 11.1 Å². The van der Waals surface area contributed by atoms with Crippen LogP contribution in [0.15, 0.2) is 6.20 Å². The summed E-state index contributed by atoms with van der Waals surface area (Å²) in [6.45, 7) is 4.01. The molecule has 5 nitrogen and oxygen atoms in total. The van der Waals surface area contributed by atoms with Crippen molar-refractivity contribution in [1.82, 2.24) is 15.0 Å². The van der Waals surface area contributed by atoms with Gasteiger partial charge in [0.05, 0.1) is 25.5 Å². The molecule has 0 unspecified atom stereocenters. The van der Waals surface area contributed by atoms with E-state index in [2.05, 4.69) is 15.0 Å². The van der Waals surface area contributed by atoms with Crippen LogP contribution in [0.25, 0.3) is 10.6 Å². The van der Waals surface area contributed by atoms with Crippen LogP contribution in [0.2, 0.25) is 0 Å². The second-order valence-corrected chi connectivity index (χ2v) is 4.64. The molecule has 2 aromatic heterocycles. The molecule has 0 spiro atoms. The SMILES string of the molecule is COc1ncc(-c2nc(C)c(C)s2)c(OC)n1. The van der Waals surface area contributed by atoms with E-state index in [0.717, 1.165) is 16.3 Å². The van der Waals surface area contributed by atoms with Crippen LogP contribution in [0.3, 0.4) is 0 Å². The van der Waals surface area contributed by atoms with Crippen molar-refractivity contribution < 1.29 is 9.47 Å². The molecule has 6 heteroatoms. The Morgan fingerprint density at radius 2 is 1.88 bits per heavy atom. The van der Waals surface area contributed by atoms with Gasteiger partial charge in [0.25, 0.3) is 0 Å². The van der Waals surface area contributed by atoms with Crippen LogP contribution < -0.4 is 9.47 Å². The number of aryl methyl sites for hydroxylation is 2. The number of hydrogen-bond donors (Lipinski definition) is 0. The van der Waals surface area contributed by atoms with Gasteiger partial charge in [-0.2, -0.15) is 4.98 Å². The van der Waals surface area contributed by atoms with Crippen LogP contribution in [0.4, 0.5) is 0 Å². The molecule has 2 aromatic rings. The van der Waals surface area contributed by atoms with E-state index in [1.807, 2.05) is 13.8 Å². The minimum atomic E-state index is 0.288. The summed E-state index contributed by atoms with van der Waals surface area (Å²) in [7, 11) is 3.09. The molecule has 0 aliphatic carbocycles. The van der Waals surface area contributed by atoms with Crippen LogP contribution in [0, 0.1) is 13.8 Å². The second kappa shape index (κ2) is 4.67. The van der Waals surface area contributed by atoms with Gasteiger partial charge in [-0.05, 0) is 13.8 Å². The monoisotopic (exact) mass is 251 g/mol. The van der Waals surface area contributed by atoms with Gasteiger partial charge >= 0.3 is 6.01 Å². The van der Waals surface area contributed by atoms with E-state index >= 15 is 0 Å². The average molecular weight is 251 g/mol. The summed E-state index contributed by atoms with van der Waals surface area (Å²) in [4.78, 5) is 13.9. The molecule has 0 saturated heterocycles. The van der Waals surface area contributed by atoms with E-state index in [1.54, 1.807) is 24.6 Å². The number of methoxy groups -OCH3 is 2. The zero-order valence-electron chi connectivity index (χ0n) is 10.1. The van der Waals surface area contributed by atoms with Crippen molar-refractivity contribution in [3.63, 3.8) is 0 Å². The summed E-state index contributed by atoms with van der Waals surface area (Å²) in [5.74, 6) is 0.477. The fourth-order valence-electron chi connectivity index (χ4n) is 1.34. The lowest BCUT2D eigenvalue weighted by Gasteiger charge is -2.05. The maximum absolute atomic E-state index is 5.23. The smallest absolute Gasteiger partial charge is 0.319 e. The lowest BCUT2D eigenvalue weighted by Crippen LogP contribution is -1.97. The van der Waals surface area contributed by atoms with Gasteiger partial charge in [-0.3, -0.25) is 0 Å².